The summed E-state index contributed by atoms with van der Waals surface area (Å²) in [7, 11) is 0. The second-order valence-corrected chi connectivity index (χ2v) is 13.1. The van der Waals surface area contributed by atoms with Crippen LogP contribution in [-0.2, 0) is 11.6 Å². The molecule has 0 radical (unpaired) electrons. The summed E-state index contributed by atoms with van der Waals surface area (Å²) in [5.41, 5.74) is 18.0. The van der Waals surface area contributed by atoms with Crippen molar-refractivity contribution in [3.63, 3.8) is 0 Å². The monoisotopic (exact) mass is 606 g/mol. The number of halogens is 3. The largest absolute Gasteiger partial charge is 0.396 e. The molecule has 0 aliphatic heterocycles. The van der Waals surface area contributed by atoms with E-state index >= 15 is 0 Å². The lowest BCUT2D eigenvalue weighted by Gasteiger charge is -2.14. The minimum Gasteiger partial charge on any atom is -0.396 e. The average molecular weight is 607 g/mol. The Labute approximate surface area is 247 Å². The van der Waals surface area contributed by atoms with Gasteiger partial charge in [-0.1, -0.05) is 48.5 Å². The van der Waals surface area contributed by atoms with Gasteiger partial charge in [-0.2, -0.15) is 8.75 Å². The summed E-state index contributed by atoms with van der Waals surface area (Å²) in [6, 6.07) is 21.6. The molecule has 0 spiro atoms. The summed E-state index contributed by atoms with van der Waals surface area (Å²) in [4.78, 5) is 3.69. The smallest absolute Gasteiger partial charge is 0.270 e. The molecule has 41 heavy (non-hydrogen) atoms. The Bertz CT molecular complexity index is 1740. The molecule has 4 N–H and O–H groups in total. The fourth-order valence-corrected chi connectivity index (χ4v) is 7.46. The zero-order chi connectivity index (χ0) is 29.1. The number of nitrogens with two attached hydrogens (primary N) is 2. The van der Waals surface area contributed by atoms with Crippen LogP contribution >= 0.6 is 34.4 Å². The Morgan fingerprint density at radius 1 is 0.561 bits per heavy atom. The third-order valence-corrected chi connectivity index (χ3v) is 9.86. The van der Waals surface area contributed by atoms with Gasteiger partial charge in [-0.3, -0.25) is 0 Å². The van der Waals surface area contributed by atoms with Crippen LogP contribution in [0.3, 0.4) is 0 Å². The van der Waals surface area contributed by atoms with Crippen molar-refractivity contribution in [3.05, 3.63) is 83.9 Å². The maximum Gasteiger partial charge on any atom is 0.270 e. The zero-order valence-corrected chi connectivity index (χ0v) is 24.8. The topological polar surface area (TPSA) is 77.8 Å². The Hall–Kier alpha value is -3.73. The number of benzene rings is 3. The number of alkyl halides is 3. The van der Waals surface area contributed by atoms with E-state index in [0.717, 1.165) is 54.9 Å². The van der Waals surface area contributed by atoms with Gasteiger partial charge in [0, 0.05) is 43.1 Å². The molecule has 0 aliphatic rings. The molecule has 0 aliphatic carbocycles. The van der Waals surface area contributed by atoms with Gasteiger partial charge in [0.2, 0.25) is 0 Å². The van der Waals surface area contributed by atoms with Crippen molar-refractivity contribution in [1.82, 2.24) is 8.75 Å². The first-order chi connectivity index (χ1) is 19.4. The third-order valence-electron chi connectivity index (χ3n) is 7.03. The Morgan fingerprint density at radius 2 is 0.951 bits per heavy atom. The molecule has 6 aromatic rings. The normalized spacial score (nSPS) is 12.3. The van der Waals surface area contributed by atoms with Crippen LogP contribution in [0, 0.1) is 0 Å². The van der Waals surface area contributed by atoms with Crippen molar-refractivity contribution < 1.29 is 13.2 Å². The van der Waals surface area contributed by atoms with Crippen LogP contribution in [0.2, 0.25) is 0 Å². The highest BCUT2D eigenvalue weighted by molar-refractivity contribution is 7.19. The minimum atomic E-state index is -2.89. The Morgan fingerprint density at radius 3 is 1.34 bits per heavy atom. The van der Waals surface area contributed by atoms with Crippen LogP contribution in [0.4, 0.5) is 24.5 Å². The lowest BCUT2D eigenvalue weighted by molar-refractivity contribution is 0.0175. The first kappa shape index (κ1) is 27.4. The van der Waals surface area contributed by atoms with Crippen LogP contribution < -0.4 is 11.5 Å². The summed E-state index contributed by atoms with van der Waals surface area (Å²) in [5.74, 6) is -2.89. The van der Waals surface area contributed by atoms with Crippen molar-refractivity contribution in [3.8, 4) is 41.8 Å². The van der Waals surface area contributed by atoms with Crippen LogP contribution in [0.1, 0.15) is 31.9 Å². The fraction of sp³-hybridized carbons (Fsp3) is 0.161. The molecule has 4 nitrogen and oxygen atoms in total. The maximum atomic E-state index is 14.3. The van der Waals surface area contributed by atoms with E-state index in [2.05, 4.69) is 8.75 Å². The highest BCUT2D eigenvalue weighted by atomic mass is 32.1. The van der Waals surface area contributed by atoms with E-state index in [4.69, 9.17) is 11.5 Å². The number of hydrogen-bond donors (Lipinski definition) is 2. The zero-order valence-electron chi connectivity index (χ0n) is 22.3. The van der Waals surface area contributed by atoms with Gasteiger partial charge in [0.15, 0.2) is 0 Å². The van der Waals surface area contributed by atoms with Gasteiger partial charge >= 0.3 is 0 Å². The molecule has 0 saturated heterocycles. The standard InChI is InChI=1S/C31H25F3N4S3/c1-30(2,32)18-8-4-16(5-9-18)20-12-14-22(39-20)24-26(35)27(36)25(29-28(24)37-41-38-29)23-15-13-21(40-23)17-6-10-19(11-7-17)31(3,33)34/h4-15H,35-36H2,1-3H3. The predicted molar refractivity (Wildman–Crippen MR) is 167 cm³/mol. The van der Waals surface area contributed by atoms with Crippen molar-refractivity contribution >= 4 is 56.8 Å². The van der Waals surface area contributed by atoms with E-state index in [9.17, 15) is 13.2 Å². The number of hydrogen-bond acceptors (Lipinski definition) is 7. The van der Waals surface area contributed by atoms with Crippen LogP contribution in [0.15, 0.2) is 72.8 Å². The molecule has 10 heteroatoms. The van der Waals surface area contributed by atoms with Gasteiger partial charge in [0.05, 0.1) is 23.1 Å². The molecule has 0 atom stereocenters. The lowest BCUT2D eigenvalue weighted by Crippen LogP contribution is -2.08. The minimum absolute atomic E-state index is 0.0293. The molecule has 3 aromatic heterocycles. The first-order valence-corrected chi connectivity index (χ1v) is 15.1. The number of thiophene rings is 2. The molecule has 3 aromatic carbocycles. The summed E-state index contributed by atoms with van der Waals surface area (Å²) >= 11 is 4.14. The van der Waals surface area contributed by atoms with E-state index in [-0.39, 0.29) is 5.56 Å². The van der Waals surface area contributed by atoms with Gasteiger partial charge in [-0.05, 0) is 54.8 Å². The van der Waals surface area contributed by atoms with Crippen molar-refractivity contribution in [2.75, 3.05) is 11.5 Å². The van der Waals surface area contributed by atoms with Crippen LogP contribution in [0.5, 0.6) is 0 Å². The molecule has 0 amide bonds. The number of nitrogens with zero attached hydrogens (tertiary/aromatic N) is 2. The summed E-state index contributed by atoms with van der Waals surface area (Å²) in [6.45, 7) is 3.97. The van der Waals surface area contributed by atoms with Crippen molar-refractivity contribution in [2.45, 2.75) is 32.4 Å². The SMILES string of the molecule is CC(C)(F)c1ccc(-c2ccc(-c3c(N)c(N)c(-c4ccc(-c5ccc(C(C)(F)F)cc5)s4)c4nsnc34)s2)cc1. The van der Waals surface area contributed by atoms with E-state index in [1.807, 2.05) is 36.4 Å². The van der Waals surface area contributed by atoms with E-state index in [1.165, 1.54) is 23.5 Å². The molecule has 0 unspecified atom stereocenters. The van der Waals surface area contributed by atoms with E-state index < -0.39 is 11.6 Å². The van der Waals surface area contributed by atoms with Crippen LogP contribution in [0.25, 0.3) is 52.8 Å². The van der Waals surface area contributed by atoms with Crippen molar-refractivity contribution in [1.29, 1.82) is 0 Å². The highest BCUT2D eigenvalue weighted by Crippen LogP contribution is 2.49. The average Bonchev–Trinajstić information content (AvgIpc) is 3.70. The quantitative estimate of drug-likeness (QED) is 0.185. The molecule has 0 saturated carbocycles. The van der Waals surface area contributed by atoms with Crippen LogP contribution in [-0.4, -0.2) is 8.75 Å². The van der Waals surface area contributed by atoms with Gasteiger partial charge < -0.3 is 11.5 Å². The molecule has 0 bridgehead atoms. The van der Waals surface area contributed by atoms with Crippen molar-refractivity contribution in [2.24, 2.45) is 0 Å². The maximum absolute atomic E-state index is 14.3. The number of nitrogen functional groups attached to an aromatic ring is 2. The highest BCUT2D eigenvalue weighted by Gasteiger charge is 2.25. The second-order valence-electron chi connectivity index (χ2n) is 10.4. The molecule has 0 fully saturated rings. The molecule has 3 heterocycles. The predicted octanol–water partition coefficient (Wildman–Crippen LogP) is 9.96. The van der Waals surface area contributed by atoms with E-state index in [1.54, 1.807) is 49.4 Å². The summed E-state index contributed by atoms with van der Waals surface area (Å²) in [5, 5.41) is 0. The van der Waals surface area contributed by atoms with Gasteiger partial charge in [0.1, 0.15) is 16.7 Å². The Kier molecular flexibility index (Phi) is 6.67. The second kappa shape index (κ2) is 9.97. The number of rotatable bonds is 6. The Balaban J connectivity index is 1.38. The lowest BCUT2D eigenvalue weighted by atomic mass is 9.98. The van der Waals surface area contributed by atoms with Gasteiger partial charge in [-0.15, -0.1) is 22.7 Å². The first-order valence-electron chi connectivity index (χ1n) is 12.7. The number of fused-ring (bicyclic) bond motifs is 1. The molecular formula is C31H25F3N4S3. The van der Waals surface area contributed by atoms with Gasteiger partial charge in [0.25, 0.3) is 5.92 Å². The summed E-state index contributed by atoms with van der Waals surface area (Å²) < 4.78 is 50.8. The number of aromatic nitrogens is 2. The molecule has 6 rings (SSSR count). The molecule has 208 valence electrons. The third kappa shape index (κ3) is 5.00. The van der Waals surface area contributed by atoms with E-state index in [0.29, 0.717) is 33.5 Å². The summed E-state index contributed by atoms with van der Waals surface area (Å²) in [6.07, 6.45) is 0. The fourth-order valence-electron chi connectivity index (χ4n) is 4.75. The number of anilines is 2. The molecular weight excluding hydrogens is 582 g/mol. The van der Waals surface area contributed by atoms with Gasteiger partial charge in [-0.25, -0.2) is 13.2 Å².